The van der Waals surface area contributed by atoms with Crippen LogP contribution < -0.4 is 27.4 Å². The van der Waals surface area contributed by atoms with E-state index < -0.39 is 5.91 Å². The lowest BCUT2D eigenvalue weighted by Gasteiger charge is -2.13. The summed E-state index contributed by atoms with van der Waals surface area (Å²) in [6, 6.07) is 0. The number of hydrogen-bond donors (Lipinski definition) is 5. The Balaban J connectivity index is 2.15. The monoisotopic (exact) mass is 257 g/mol. The van der Waals surface area contributed by atoms with Gasteiger partial charge < -0.3 is 16.8 Å². The van der Waals surface area contributed by atoms with Crippen molar-refractivity contribution in [1.82, 2.24) is 25.9 Å². The van der Waals surface area contributed by atoms with Crippen LogP contribution in [0.15, 0.2) is 0 Å². The number of nitrogens with one attached hydrogen (secondary N) is 3. The summed E-state index contributed by atoms with van der Waals surface area (Å²) < 4.78 is 0. The molecule has 2 rings (SSSR count). The molecule has 2 heterocycles. The van der Waals surface area contributed by atoms with Gasteiger partial charge in [-0.05, 0) is 0 Å². The maximum Gasteiger partial charge on any atom is 0.276 e. The molecular formula is C8H12ClN7O. The Morgan fingerprint density at radius 3 is 2.59 bits per heavy atom. The molecule has 0 unspecified atom stereocenters. The van der Waals surface area contributed by atoms with Gasteiger partial charge >= 0.3 is 0 Å². The molecule has 0 spiro atoms. The average Bonchev–Trinajstić information content (AvgIpc) is 2.76. The molecule has 1 fully saturated rings. The fraction of sp³-hybridized carbons (Fsp3) is 0.375. The van der Waals surface area contributed by atoms with Crippen molar-refractivity contribution in [3.8, 4) is 0 Å². The molecule has 17 heavy (non-hydrogen) atoms. The molecule has 1 aromatic rings. The topological polar surface area (TPSA) is 131 Å². The molecule has 1 aromatic heterocycles. The van der Waals surface area contributed by atoms with E-state index in [0.717, 1.165) is 13.1 Å². The highest BCUT2D eigenvalue weighted by molar-refractivity contribution is 6.31. The number of carbonyl (C=O) groups is 1. The standard InChI is InChI=1S/C8H12ClN7O/c9-4-6(11)15-5(10)3(14-4)7(17)16-8-12-1-2-13-8/h8,12-13H,1-2H2,(H,16,17)(H4,10,11,15). The zero-order valence-electron chi connectivity index (χ0n) is 8.83. The number of rotatable bonds is 2. The van der Waals surface area contributed by atoms with Crippen molar-refractivity contribution in [1.29, 1.82) is 0 Å². The summed E-state index contributed by atoms with van der Waals surface area (Å²) in [5.74, 6) is -0.524. The highest BCUT2D eigenvalue weighted by Crippen LogP contribution is 2.17. The summed E-state index contributed by atoms with van der Waals surface area (Å²) in [6.45, 7) is 1.54. The summed E-state index contributed by atoms with van der Waals surface area (Å²) >= 11 is 5.68. The summed E-state index contributed by atoms with van der Waals surface area (Å²) in [6.07, 6.45) is -0.306. The molecule has 1 amide bonds. The molecular weight excluding hydrogens is 246 g/mol. The first-order chi connectivity index (χ1) is 8.08. The van der Waals surface area contributed by atoms with Gasteiger partial charge in [-0.2, -0.15) is 0 Å². The molecule has 9 heteroatoms. The van der Waals surface area contributed by atoms with Gasteiger partial charge in [0, 0.05) is 13.1 Å². The van der Waals surface area contributed by atoms with E-state index in [4.69, 9.17) is 23.1 Å². The van der Waals surface area contributed by atoms with Gasteiger partial charge in [0.2, 0.25) is 0 Å². The number of carbonyl (C=O) groups excluding carboxylic acids is 1. The van der Waals surface area contributed by atoms with Crippen molar-refractivity contribution >= 4 is 29.1 Å². The van der Waals surface area contributed by atoms with Crippen LogP contribution in [0.1, 0.15) is 10.5 Å². The Hall–Kier alpha value is -1.64. The van der Waals surface area contributed by atoms with Crippen molar-refractivity contribution in [3.63, 3.8) is 0 Å². The van der Waals surface area contributed by atoms with E-state index >= 15 is 0 Å². The maximum absolute atomic E-state index is 11.8. The van der Waals surface area contributed by atoms with Gasteiger partial charge in [-0.25, -0.2) is 9.97 Å². The number of nitrogen functional groups attached to an aromatic ring is 2. The number of aromatic nitrogens is 2. The normalized spacial score (nSPS) is 16.1. The molecule has 0 aliphatic carbocycles. The van der Waals surface area contributed by atoms with Gasteiger partial charge in [0.15, 0.2) is 22.5 Å². The summed E-state index contributed by atoms with van der Waals surface area (Å²) in [5, 5.41) is 8.62. The lowest BCUT2D eigenvalue weighted by molar-refractivity contribution is 0.0924. The minimum atomic E-state index is -0.469. The second-order valence-corrected chi connectivity index (χ2v) is 3.81. The van der Waals surface area contributed by atoms with Crippen LogP contribution in [-0.2, 0) is 0 Å². The Bertz CT molecular complexity index is 446. The molecule has 0 bridgehead atoms. The third-order valence-electron chi connectivity index (χ3n) is 2.22. The molecule has 0 atom stereocenters. The maximum atomic E-state index is 11.8. The van der Waals surface area contributed by atoms with Crippen molar-refractivity contribution in [2.24, 2.45) is 0 Å². The molecule has 1 aliphatic rings. The van der Waals surface area contributed by atoms with Gasteiger partial charge in [-0.3, -0.25) is 15.4 Å². The second-order valence-electron chi connectivity index (χ2n) is 3.45. The fourth-order valence-corrected chi connectivity index (χ4v) is 1.54. The third-order valence-corrected chi connectivity index (χ3v) is 2.50. The predicted molar refractivity (Wildman–Crippen MR) is 63.1 cm³/mol. The first-order valence-corrected chi connectivity index (χ1v) is 5.32. The smallest absolute Gasteiger partial charge is 0.276 e. The molecule has 1 saturated heterocycles. The van der Waals surface area contributed by atoms with Gasteiger partial charge in [0.25, 0.3) is 5.91 Å². The summed E-state index contributed by atoms with van der Waals surface area (Å²) in [7, 11) is 0. The lowest BCUT2D eigenvalue weighted by Crippen LogP contribution is -2.48. The average molecular weight is 258 g/mol. The predicted octanol–water partition coefficient (Wildman–Crippen LogP) is -1.50. The Kier molecular flexibility index (Phi) is 3.27. The van der Waals surface area contributed by atoms with E-state index in [1.54, 1.807) is 0 Å². The molecule has 1 aliphatic heterocycles. The Morgan fingerprint density at radius 1 is 1.29 bits per heavy atom. The van der Waals surface area contributed by atoms with Crippen LogP contribution in [0.25, 0.3) is 0 Å². The third kappa shape index (κ3) is 2.54. The van der Waals surface area contributed by atoms with Crippen molar-refractivity contribution in [2.75, 3.05) is 24.6 Å². The number of anilines is 2. The fourth-order valence-electron chi connectivity index (χ4n) is 1.42. The van der Waals surface area contributed by atoms with E-state index in [0.29, 0.717) is 0 Å². The van der Waals surface area contributed by atoms with Crippen molar-refractivity contribution < 1.29 is 4.79 Å². The van der Waals surface area contributed by atoms with Gasteiger partial charge in [0.1, 0.15) is 6.29 Å². The highest BCUT2D eigenvalue weighted by Gasteiger charge is 2.20. The van der Waals surface area contributed by atoms with Gasteiger partial charge in [0.05, 0.1) is 0 Å². The first-order valence-electron chi connectivity index (χ1n) is 4.94. The van der Waals surface area contributed by atoms with Crippen LogP contribution >= 0.6 is 11.6 Å². The summed E-state index contributed by atoms with van der Waals surface area (Å²) in [5.41, 5.74) is 10.9. The van der Waals surface area contributed by atoms with Crippen LogP contribution in [-0.4, -0.2) is 35.3 Å². The van der Waals surface area contributed by atoms with E-state index in [1.165, 1.54) is 0 Å². The summed E-state index contributed by atoms with van der Waals surface area (Å²) in [4.78, 5) is 19.3. The Morgan fingerprint density at radius 2 is 1.94 bits per heavy atom. The van der Waals surface area contributed by atoms with Crippen LogP contribution in [0, 0.1) is 0 Å². The quantitative estimate of drug-likeness (QED) is 0.436. The van der Waals surface area contributed by atoms with Crippen LogP contribution in [0.5, 0.6) is 0 Å². The van der Waals surface area contributed by atoms with Crippen molar-refractivity contribution in [2.45, 2.75) is 6.29 Å². The minimum absolute atomic E-state index is 0.00201. The lowest BCUT2D eigenvalue weighted by atomic mass is 10.4. The van der Waals surface area contributed by atoms with E-state index in [-0.39, 0.29) is 28.8 Å². The minimum Gasteiger partial charge on any atom is -0.382 e. The number of amides is 1. The number of nitrogens with two attached hydrogens (primary N) is 2. The number of hydrogen-bond acceptors (Lipinski definition) is 7. The first kappa shape index (κ1) is 11.8. The Labute approximate surface area is 102 Å². The van der Waals surface area contributed by atoms with Crippen LogP contribution in [0.3, 0.4) is 0 Å². The van der Waals surface area contributed by atoms with Gasteiger partial charge in [-0.15, -0.1) is 0 Å². The van der Waals surface area contributed by atoms with Crippen molar-refractivity contribution in [3.05, 3.63) is 10.8 Å². The molecule has 7 N–H and O–H groups in total. The second kappa shape index (κ2) is 4.70. The molecule has 0 radical (unpaired) electrons. The van der Waals surface area contributed by atoms with E-state index in [1.807, 2.05) is 0 Å². The number of nitrogens with zero attached hydrogens (tertiary/aromatic N) is 2. The van der Waals surface area contributed by atoms with Gasteiger partial charge in [-0.1, -0.05) is 11.6 Å². The molecule has 0 saturated carbocycles. The SMILES string of the molecule is Nc1nc(N)c(C(=O)NC2NCCN2)nc1Cl. The largest absolute Gasteiger partial charge is 0.382 e. The van der Waals surface area contributed by atoms with E-state index in [2.05, 4.69) is 25.9 Å². The molecule has 0 aromatic carbocycles. The zero-order chi connectivity index (χ0) is 12.4. The highest BCUT2D eigenvalue weighted by atomic mass is 35.5. The van der Waals surface area contributed by atoms with Crippen LogP contribution in [0.4, 0.5) is 11.6 Å². The number of halogens is 1. The molecule has 92 valence electrons. The molecule has 8 nitrogen and oxygen atoms in total. The zero-order valence-corrected chi connectivity index (χ0v) is 9.58. The van der Waals surface area contributed by atoms with E-state index in [9.17, 15) is 4.79 Å². The van der Waals surface area contributed by atoms with Crippen LogP contribution in [0.2, 0.25) is 5.15 Å².